The van der Waals surface area contributed by atoms with E-state index in [1.807, 2.05) is 20.8 Å². The van der Waals surface area contributed by atoms with E-state index >= 15 is 0 Å². The average Bonchev–Trinajstić information content (AvgIpc) is 3.43. The lowest BCUT2D eigenvalue weighted by molar-refractivity contribution is -0.145. The SMILES string of the molecule is CCCNC(=O)[C@H]1[C@@H]2OC3(CC2Br)C(C(=O)Nc2ccc(Cl)cc2)N([C@@H](CO)[C@@H](C)CC)C(=O)[C@H]13. The zero-order valence-electron chi connectivity index (χ0n) is 20.2. The van der Waals surface area contributed by atoms with Crippen molar-refractivity contribution in [2.24, 2.45) is 17.8 Å². The highest BCUT2D eigenvalue weighted by molar-refractivity contribution is 9.09. The van der Waals surface area contributed by atoms with Gasteiger partial charge < -0.3 is 25.4 Å². The molecular formula is C25H33BrClN3O5. The van der Waals surface area contributed by atoms with Gasteiger partial charge in [-0.1, -0.05) is 54.7 Å². The smallest absolute Gasteiger partial charge is 0.250 e. The van der Waals surface area contributed by atoms with Gasteiger partial charge in [-0.25, -0.2) is 0 Å². The molecule has 4 rings (SSSR count). The number of aliphatic hydroxyl groups excluding tert-OH is 1. The van der Waals surface area contributed by atoms with Crippen molar-refractivity contribution in [1.29, 1.82) is 0 Å². The molecule has 3 unspecified atom stereocenters. The van der Waals surface area contributed by atoms with Crippen LogP contribution in [0, 0.1) is 17.8 Å². The lowest BCUT2D eigenvalue weighted by Gasteiger charge is -2.38. The standard InChI is InChI=1S/C25H33BrClN3O5/c1-4-10-28-22(32)18-19-24(34)30(17(12-31)13(3)5-2)21(25(19)11-16(26)20(18)35-25)23(33)29-15-8-6-14(27)7-9-15/h6-9,13,16-21,31H,4-5,10-12H2,1-3H3,(H,28,32)(H,29,33)/t13-,16?,17-,18+,19-,20+,21?,25?/m0/s1. The molecule has 3 heterocycles. The molecule has 1 aromatic carbocycles. The summed E-state index contributed by atoms with van der Waals surface area (Å²) in [4.78, 5) is 42.4. The highest BCUT2D eigenvalue weighted by atomic mass is 79.9. The number of benzene rings is 1. The number of halogens is 2. The molecule has 1 spiro atoms. The first kappa shape index (κ1) is 26.4. The monoisotopic (exact) mass is 569 g/mol. The molecule has 3 aliphatic rings. The number of carbonyl (C=O) groups excluding carboxylic acids is 3. The van der Waals surface area contributed by atoms with Crippen molar-refractivity contribution in [3.05, 3.63) is 29.3 Å². The first-order valence-corrected chi connectivity index (χ1v) is 13.6. The number of rotatable bonds is 9. The van der Waals surface area contributed by atoms with Crippen molar-refractivity contribution in [3.8, 4) is 0 Å². The third-order valence-electron chi connectivity index (χ3n) is 7.78. The van der Waals surface area contributed by atoms with Crippen molar-refractivity contribution < 1.29 is 24.2 Å². The van der Waals surface area contributed by atoms with Crippen LogP contribution >= 0.6 is 27.5 Å². The summed E-state index contributed by atoms with van der Waals surface area (Å²) in [6.45, 7) is 6.10. The number of nitrogens with one attached hydrogen (secondary N) is 2. The Bertz CT molecular complexity index is 978. The third-order valence-corrected chi connectivity index (χ3v) is 8.88. The quantitative estimate of drug-likeness (QED) is 0.396. The van der Waals surface area contributed by atoms with Crippen molar-refractivity contribution in [1.82, 2.24) is 10.2 Å². The van der Waals surface area contributed by atoms with E-state index < -0.39 is 41.5 Å². The zero-order valence-corrected chi connectivity index (χ0v) is 22.5. The van der Waals surface area contributed by atoms with Crippen LogP contribution in [0.3, 0.4) is 0 Å². The molecule has 8 nitrogen and oxygen atoms in total. The summed E-state index contributed by atoms with van der Waals surface area (Å²) in [6.07, 6.45) is 1.39. The molecule has 1 aromatic rings. The molecule has 8 atom stereocenters. The van der Waals surface area contributed by atoms with Crippen LogP contribution in [0.1, 0.15) is 40.0 Å². The molecule has 2 bridgehead atoms. The van der Waals surface area contributed by atoms with Gasteiger partial charge in [-0.3, -0.25) is 14.4 Å². The number of alkyl halides is 1. The summed E-state index contributed by atoms with van der Waals surface area (Å²) in [5.41, 5.74) is -0.627. The van der Waals surface area contributed by atoms with Crippen LogP contribution in [-0.2, 0) is 19.1 Å². The Kier molecular flexibility index (Phi) is 7.81. The molecule has 0 radical (unpaired) electrons. The van der Waals surface area contributed by atoms with E-state index in [0.717, 1.165) is 6.42 Å². The Morgan fingerprint density at radius 2 is 1.97 bits per heavy atom. The summed E-state index contributed by atoms with van der Waals surface area (Å²) in [5.74, 6) is -2.51. The fourth-order valence-corrected chi connectivity index (χ4v) is 7.02. The van der Waals surface area contributed by atoms with Gasteiger partial charge in [-0.2, -0.15) is 0 Å². The lowest BCUT2D eigenvalue weighted by Crippen LogP contribution is -2.57. The Labute approximate surface area is 219 Å². The molecule has 3 N–H and O–H groups in total. The summed E-state index contributed by atoms with van der Waals surface area (Å²) < 4.78 is 6.48. The van der Waals surface area contributed by atoms with Gasteiger partial charge in [-0.05, 0) is 43.0 Å². The first-order chi connectivity index (χ1) is 16.7. The molecule has 0 aliphatic carbocycles. The molecule has 0 aromatic heterocycles. The van der Waals surface area contributed by atoms with Crippen LogP contribution < -0.4 is 10.6 Å². The molecule has 35 heavy (non-hydrogen) atoms. The Morgan fingerprint density at radius 3 is 2.57 bits per heavy atom. The maximum Gasteiger partial charge on any atom is 0.250 e. The maximum atomic E-state index is 14.0. The molecule has 10 heteroatoms. The molecule has 3 fully saturated rings. The van der Waals surface area contributed by atoms with Gasteiger partial charge in [-0.15, -0.1) is 0 Å². The molecule has 0 saturated carbocycles. The molecule has 3 amide bonds. The van der Waals surface area contributed by atoms with Gasteiger partial charge in [0.25, 0.3) is 0 Å². The molecule has 192 valence electrons. The molecular weight excluding hydrogens is 538 g/mol. The van der Waals surface area contributed by atoms with E-state index in [4.69, 9.17) is 16.3 Å². The van der Waals surface area contributed by atoms with Crippen molar-refractivity contribution in [3.63, 3.8) is 0 Å². The van der Waals surface area contributed by atoms with Crippen LogP contribution in [-0.4, -0.2) is 69.5 Å². The minimum absolute atomic E-state index is 0.0608. The fraction of sp³-hybridized carbons (Fsp3) is 0.640. The van der Waals surface area contributed by atoms with Crippen LogP contribution in [0.2, 0.25) is 5.02 Å². The highest BCUT2D eigenvalue weighted by Gasteiger charge is 2.77. The third kappa shape index (κ3) is 4.38. The Morgan fingerprint density at radius 1 is 1.29 bits per heavy atom. The molecule has 3 aliphatic heterocycles. The predicted molar refractivity (Wildman–Crippen MR) is 136 cm³/mol. The number of hydrogen-bond acceptors (Lipinski definition) is 5. The Hall–Kier alpha value is -1.68. The van der Waals surface area contributed by atoms with Crippen LogP contribution in [0.25, 0.3) is 0 Å². The van der Waals surface area contributed by atoms with Gasteiger partial charge in [0.15, 0.2) is 0 Å². The normalized spacial score (nSPS) is 32.9. The largest absolute Gasteiger partial charge is 0.394 e. The summed E-state index contributed by atoms with van der Waals surface area (Å²) >= 11 is 9.65. The number of hydrogen-bond donors (Lipinski definition) is 3. The number of likely N-dealkylation sites (tertiary alicyclic amines) is 1. The second-order valence-corrected chi connectivity index (χ2v) is 11.4. The summed E-state index contributed by atoms with van der Waals surface area (Å²) in [6, 6.07) is 5.16. The summed E-state index contributed by atoms with van der Waals surface area (Å²) in [7, 11) is 0. The number of fused-ring (bicyclic) bond motifs is 1. The van der Waals surface area contributed by atoms with E-state index in [9.17, 15) is 19.5 Å². The number of aliphatic hydroxyl groups is 1. The van der Waals surface area contributed by atoms with Crippen molar-refractivity contribution in [2.75, 3.05) is 18.5 Å². The van der Waals surface area contributed by atoms with Crippen LogP contribution in [0.5, 0.6) is 0 Å². The maximum absolute atomic E-state index is 14.0. The van der Waals surface area contributed by atoms with Gasteiger partial charge in [0.1, 0.15) is 11.6 Å². The van der Waals surface area contributed by atoms with Crippen LogP contribution in [0.15, 0.2) is 24.3 Å². The number of anilines is 1. The Balaban J connectivity index is 1.76. The van der Waals surface area contributed by atoms with Gasteiger partial charge >= 0.3 is 0 Å². The fourth-order valence-electron chi connectivity index (χ4n) is 5.95. The van der Waals surface area contributed by atoms with E-state index in [1.54, 1.807) is 24.3 Å². The number of amides is 3. The van der Waals surface area contributed by atoms with Crippen LogP contribution in [0.4, 0.5) is 5.69 Å². The minimum atomic E-state index is -1.17. The van der Waals surface area contributed by atoms with E-state index in [2.05, 4.69) is 26.6 Å². The predicted octanol–water partition coefficient (Wildman–Crippen LogP) is 2.96. The second-order valence-electron chi connectivity index (χ2n) is 9.83. The average molecular weight is 571 g/mol. The van der Waals surface area contributed by atoms with Gasteiger partial charge in [0.2, 0.25) is 17.7 Å². The number of carbonyl (C=O) groups is 3. The van der Waals surface area contributed by atoms with E-state index in [-0.39, 0.29) is 29.2 Å². The topological polar surface area (TPSA) is 108 Å². The first-order valence-electron chi connectivity index (χ1n) is 12.3. The summed E-state index contributed by atoms with van der Waals surface area (Å²) in [5, 5.41) is 16.7. The van der Waals surface area contributed by atoms with Crippen molar-refractivity contribution >= 4 is 50.9 Å². The second kappa shape index (κ2) is 10.4. The lowest BCUT2D eigenvalue weighted by atomic mass is 9.70. The van der Waals surface area contributed by atoms with E-state index in [1.165, 1.54) is 4.90 Å². The van der Waals surface area contributed by atoms with Crippen molar-refractivity contribution in [2.45, 2.75) is 68.6 Å². The number of ether oxygens (including phenoxy) is 1. The highest BCUT2D eigenvalue weighted by Crippen LogP contribution is 2.60. The van der Waals surface area contributed by atoms with Gasteiger partial charge in [0.05, 0.1) is 30.6 Å². The van der Waals surface area contributed by atoms with E-state index in [0.29, 0.717) is 30.1 Å². The number of nitrogens with zero attached hydrogens (tertiary/aromatic N) is 1. The zero-order chi connectivity index (χ0) is 25.5. The molecule has 3 saturated heterocycles. The minimum Gasteiger partial charge on any atom is -0.394 e. The van der Waals surface area contributed by atoms with Gasteiger partial charge in [0, 0.05) is 22.1 Å².